The molecule has 0 amide bonds. The van der Waals surface area contributed by atoms with Crippen LogP contribution in [0.3, 0.4) is 0 Å². The Balaban J connectivity index is 2.18. The number of ether oxygens (including phenoxy) is 1. The lowest BCUT2D eigenvalue weighted by Crippen LogP contribution is -2.50. The molecular weight excluding hydrogens is 248 g/mol. The number of hydrogen-bond donors (Lipinski definition) is 1. The van der Waals surface area contributed by atoms with Crippen molar-refractivity contribution in [3.05, 3.63) is 0 Å². The number of hydrogen-bond acceptors (Lipinski definition) is 6. The third kappa shape index (κ3) is 2.70. The summed E-state index contributed by atoms with van der Waals surface area (Å²) in [6.07, 6.45) is 0.118. The molecule has 1 fully saturated rings. The Morgan fingerprint density at radius 3 is 2.78 bits per heavy atom. The van der Waals surface area contributed by atoms with Gasteiger partial charge in [0.1, 0.15) is 0 Å². The van der Waals surface area contributed by atoms with Gasteiger partial charge < -0.3 is 20.3 Å². The van der Waals surface area contributed by atoms with Crippen molar-refractivity contribution in [1.82, 2.24) is 9.27 Å². The summed E-state index contributed by atoms with van der Waals surface area (Å²) in [6.45, 7) is 9.30. The van der Waals surface area contributed by atoms with Crippen molar-refractivity contribution < 1.29 is 4.74 Å². The van der Waals surface area contributed by atoms with Crippen LogP contribution in [0, 0.1) is 0 Å². The predicted octanol–water partition coefficient (Wildman–Crippen LogP) is 1.65. The number of rotatable bonds is 3. The summed E-state index contributed by atoms with van der Waals surface area (Å²) in [6, 6.07) is 0.536. The highest BCUT2D eigenvalue weighted by molar-refractivity contribution is 7.11. The van der Waals surface area contributed by atoms with Crippen LogP contribution in [0.15, 0.2) is 0 Å². The van der Waals surface area contributed by atoms with Crippen LogP contribution in [0.25, 0.3) is 0 Å². The normalized spacial score (nSPS) is 21.6. The second-order valence-corrected chi connectivity index (χ2v) is 5.90. The molecule has 6 heteroatoms. The van der Waals surface area contributed by atoms with Crippen molar-refractivity contribution in [2.45, 2.75) is 32.9 Å². The standard InChI is InChI=1S/C12H22N4OS/c1-8(2)17-10-11(13)14-18-12(10)16-6-5-15(4)9(3)7-16/h8-9H,5-7H2,1-4H3,(H2,13,14). The maximum Gasteiger partial charge on any atom is 0.198 e. The summed E-state index contributed by atoms with van der Waals surface area (Å²) in [4.78, 5) is 4.69. The first kappa shape index (κ1) is 13.4. The zero-order chi connectivity index (χ0) is 13.3. The summed E-state index contributed by atoms with van der Waals surface area (Å²) in [7, 11) is 2.16. The van der Waals surface area contributed by atoms with Crippen LogP contribution in [0.2, 0.25) is 0 Å². The van der Waals surface area contributed by atoms with Gasteiger partial charge in [0.15, 0.2) is 16.6 Å². The Bertz CT molecular complexity index is 407. The first-order chi connectivity index (χ1) is 8.49. The minimum absolute atomic E-state index is 0.118. The van der Waals surface area contributed by atoms with Crippen LogP contribution in [0.4, 0.5) is 10.8 Å². The number of likely N-dealkylation sites (N-methyl/N-ethyl adjacent to an activating group) is 1. The van der Waals surface area contributed by atoms with E-state index in [0.29, 0.717) is 11.9 Å². The zero-order valence-corrected chi connectivity index (χ0v) is 12.3. The highest BCUT2D eigenvalue weighted by atomic mass is 32.1. The van der Waals surface area contributed by atoms with Crippen molar-refractivity contribution in [2.24, 2.45) is 0 Å². The molecule has 1 saturated heterocycles. The van der Waals surface area contributed by atoms with E-state index in [1.54, 1.807) is 0 Å². The average Bonchev–Trinajstić information content (AvgIpc) is 2.64. The number of aromatic nitrogens is 1. The van der Waals surface area contributed by atoms with Crippen LogP contribution < -0.4 is 15.4 Å². The van der Waals surface area contributed by atoms with Gasteiger partial charge in [-0.1, -0.05) is 0 Å². The molecule has 1 aromatic heterocycles. The smallest absolute Gasteiger partial charge is 0.198 e. The first-order valence-electron chi connectivity index (χ1n) is 6.36. The molecule has 102 valence electrons. The highest BCUT2D eigenvalue weighted by Crippen LogP contribution is 2.39. The van der Waals surface area contributed by atoms with Gasteiger partial charge in [0.25, 0.3) is 0 Å². The molecular formula is C12H22N4OS. The number of nitrogen functional groups attached to an aromatic ring is 1. The monoisotopic (exact) mass is 270 g/mol. The van der Waals surface area contributed by atoms with E-state index in [4.69, 9.17) is 10.5 Å². The van der Waals surface area contributed by atoms with E-state index in [-0.39, 0.29) is 6.10 Å². The molecule has 1 atom stereocenters. The summed E-state index contributed by atoms with van der Waals surface area (Å²) in [5.41, 5.74) is 5.90. The highest BCUT2D eigenvalue weighted by Gasteiger charge is 2.26. The van der Waals surface area contributed by atoms with Gasteiger partial charge in [0.2, 0.25) is 0 Å². The minimum Gasteiger partial charge on any atom is -0.484 e. The van der Waals surface area contributed by atoms with E-state index < -0.39 is 0 Å². The van der Waals surface area contributed by atoms with Crippen LogP contribution >= 0.6 is 11.5 Å². The van der Waals surface area contributed by atoms with Gasteiger partial charge in [-0.2, -0.15) is 4.37 Å². The van der Waals surface area contributed by atoms with Crippen LogP contribution in [-0.4, -0.2) is 48.1 Å². The third-order valence-electron chi connectivity index (χ3n) is 3.26. The van der Waals surface area contributed by atoms with Crippen molar-refractivity contribution in [2.75, 3.05) is 37.3 Å². The zero-order valence-electron chi connectivity index (χ0n) is 11.5. The second-order valence-electron chi connectivity index (χ2n) is 5.14. The predicted molar refractivity (Wildman–Crippen MR) is 76.6 cm³/mol. The number of nitrogens with zero attached hydrogens (tertiary/aromatic N) is 3. The fourth-order valence-electron chi connectivity index (χ4n) is 2.07. The van der Waals surface area contributed by atoms with Crippen LogP contribution in [0.1, 0.15) is 20.8 Å². The van der Waals surface area contributed by atoms with Crippen LogP contribution in [0.5, 0.6) is 5.75 Å². The lowest BCUT2D eigenvalue weighted by molar-refractivity contribution is 0.228. The van der Waals surface area contributed by atoms with E-state index in [1.165, 1.54) is 11.5 Å². The second kappa shape index (κ2) is 5.32. The van der Waals surface area contributed by atoms with E-state index in [1.807, 2.05) is 13.8 Å². The van der Waals surface area contributed by atoms with Gasteiger partial charge in [0, 0.05) is 25.7 Å². The Morgan fingerprint density at radius 1 is 1.44 bits per heavy atom. The van der Waals surface area contributed by atoms with Gasteiger partial charge in [-0.15, -0.1) is 0 Å². The maximum absolute atomic E-state index is 5.90. The molecule has 0 spiro atoms. The molecule has 0 bridgehead atoms. The maximum atomic E-state index is 5.90. The molecule has 18 heavy (non-hydrogen) atoms. The van der Waals surface area contributed by atoms with Crippen molar-refractivity contribution in [3.8, 4) is 5.75 Å². The average molecular weight is 270 g/mol. The van der Waals surface area contributed by atoms with Gasteiger partial charge in [-0.25, -0.2) is 0 Å². The molecule has 1 aliphatic rings. The quantitative estimate of drug-likeness (QED) is 0.905. The fraction of sp³-hybridized carbons (Fsp3) is 0.750. The molecule has 0 aromatic carbocycles. The summed E-state index contributed by atoms with van der Waals surface area (Å²) in [5.74, 6) is 1.27. The summed E-state index contributed by atoms with van der Waals surface area (Å²) < 4.78 is 10.0. The minimum atomic E-state index is 0.118. The number of anilines is 2. The first-order valence-corrected chi connectivity index (χ1v) is 7.13. The Morgan fingerprint density at radius 2 is 2.17 bits per heavy atom. The molecule has 0 saturated carbocycles. The van der Waals surface area contributed by atoms with Crippen LogP contribution in [-0.2, 0) is 0 Å². The third-order valence-corrected chi connectivity index (χ3v) is 4.16. The van der Waals surface area contributed by atoms with Crippen molar-refractivity contribution in [1.29, 1.82) is 0 Å². The summed E-state index contributed by atoms with van der Waals surface area (Å²) in [5, 5.41) is 1.07. The molecule has 2 N–H and O–H groups in total. The number of piperazine rings is 1. The molecule has 0 radical (unpaired) electrons. The lowest BCUT2D eigenvalue weighted by atomic mass is 10.2. The van der Waals surface area contributed by atoms with E-state index in [2.05, 4.69) is 28.1 Å². The van der Waals surface area contributed by atoms with Gasteiger partial charge in [-0.05, 0) is 39.4 Å². The Kier molecular flexibility index (Phi) is 3.97. The lowest BCUT2D eigenvalue weighted by Gasteiger charge is -2.38. The molecule has 2 heterocycles. The SMILES string of the molecule is CC(C)Oc1c(N)nsc1N1CCN(C)C(C)C1. The topological polar surface area (TPSA) is 54.6 Å². The molecule has 1 aliphatic heterocycles. The summed E-state index contributed by atoms with van der Waals surface area (Å²) >= 11 is 1.44. The molecule has 1 aromatic rings. The Labute approximate surface area is 113 Å². The van der Waals surface area contributed by atoms with Gasteiger partial charge >= 0.3 is 0 Å². The van der Waals surface area contributed by atoms with Crippen molar-refractivity contribution >= 4 is 22.4 Å². The van der Waals surface area contributed by atoms with E-state index >= 15 is 0 Å². The fourth-order valence-corrected chi connectivity index (χ4v) is 2.85. The molecule has 5 nitrogen and oxygen atoms in total. The van der Waals surface area contributed by atoms with E-state index in [9.17, 15) is 0 Å². The molecule has 1 unspecified atom stereocenters. The van der Waals surface area contributed by atoms with Gasteiger partial charge in [0.05, 0.1) is 6.10 Å². The Hall–Kier alpha value is -1.01. The van der Waals surface area contributed by atoms with Crippen molar-refractivity contribution in [3.63, 3.8) is 0 Å². The van der Waals surface area contributed by atoms with E-state index in [0.717, 1.165) is 30.4 Å². The molecule has 0 aliphatic carbocycles. The largest absolute Gasteiger partial charge is 0.484 e. The number of nitrogens with two attached hydrogens (primary N) is 1. The van der Waals surface area contributed by atoms with Gasteiger partial charge in [-0.3, -0.25) is 0 Å². The molecule has 2 rings (SSSR count).